The van der Waals surface area contributed by atoms with Gasteiger partial charge in [0.1, 0.15) is 11.9 Å². The fourth-order valence-electron chi connectivity index (χ4n) is 2.80. The number of aryl methyl sites for hydroxylation is 2. The zero-order valence-electron chi connectivity index (χ0n) is 14.1. The number of aromatic nitrogens is 2. The second kappa shape index (κ2) is 7.21. The van der Waals surface area contributed by atoms with Gasteiger partial charge in [-0.25, -0.2) is 4.98 Å². The van der Waals surface area contributed by atoms with E-state index in [0.29, 0.717) is 12.3 Å². The molecule has 126 valence electrons. The Morgan fingerprint density at radius 3 is 3.04 bits per heavy atom. The van der Waals surface area contributed by atoms with E-state index in [2.05, 4.69) is 21.4 Å². The van der Waals surface area contributed by atoms with E-state index in [4.69, 9.17) is 4.74 Å². The second-order valence-electron chi connectivity index (χ2n) is 5.95. The highest BCUT2D eigenvalue weighted by Gasteiger charge is 2.24. The van der Waals surface area contributed by atoms with Gasteiger partial charge in [0.05, 0.1) is 29.4 Å². The molecule has 1 aliphatic heterocycles. The molecule has 1 aliphatic rings. The number of benzene rings is 1. The molecule has 1 unspecified atom stereocenters. The Kier molecular flexibility index (Phi) is 5.04. The van der Waals surface area contributed by atoms with Gasteiger partial charge in [0.2, 0.25) is 5.91 Å². The fourth-order valence-corrected chi connectivity index (χ4v) is 3.17. The highest BCUT2D eigenvalue weighted by atomic mass is 32.2. The fraction of sp³-hybridized carbons (Fsp3) is 0.389. The normalized spacial score (nSPS) is 15.7. The summed E-state index contributed by atoms with van der Waals surface area (Å²) >= 11 is 1.52. The molecule has 5 nitrogen and oxygen atoms in total. The van der Waals surface area contributed by atoms with Crippen molar-refractivity contribution in [3.05, 3.63) is 41.3 Å². The first-order chi connectivity index (χ1) is 11.6. The Hall–Kier alpha value is -2.08. The largest absolute Gasteiger partial charge is 0.488 e. The number of nitrogens with zero attached hydrogens (tertiary/aromatic N) is 2. The van der Waals surface area contributed by atoms with E-state index in [1.807, 2.05) is 32.2 Å². The number of ether oxygens (including phenoxy) is 1. The number of carbonyl (C=O) groups is 1. The summed E-state index contributed by atoms with van der Waals surface area (Å²) in [5.74, 6) is 1.42. The Morgan fingerprint density at radius 1 is 1.42 bits per heavy atom. The summed E-state index contributed by atoms with van der Waals surface area (Å²) in [6.45, 7) is 4.45. The molecule has 0 bridgehead atoms. The van der Waals surface area contributed by atoms with Crippen LogP contribution in [0.25, 0.3) is 11.3 Å². The minimum absolute atomic E-state index is 0.00857. The Morgan fingerprint density at radius 2 is 2.25 bits per heavy atom. The lowest BCUT2D eigenvalue weighted by atomic mass is 10.0. The molecular formula is C18H21N3O2S. The smallest absolute Gasteiger partial charge is 0.230 e. The van der Waals surface area contributed by atoms with Gasteiger partial charge >= 0.3 is 0 Å². The van der Waals surface area contributed by atoms with Crippen molar-refractivity contribution in [3.8, 4) is 17.0 Å². The lowest BCUT2D eigenvalue weighted by Gasteiger charge is -2.11. The zero-order valence-corrected chi connectivity index (χ0v) is 14.9. The van der Waals surface area contributed by atoms with Crippen LogP contribution >= 0.6 is 11.8 Å². The van der Waals surface area contributed by atoms with Crippen LogP contribution in [0.15, 0.2) is 24.4 Å². The lowest BCUT2D eigenvalue weighted by Crippen LogP contribution is -2.35. The predicted octanol–water partition coefficient (Wildman–Crippen LogP) is 2.54. The average Bonchev–Trinajstić information content (AvgIpc) is 2.97. The van der Waals surface area contributed by atoms with Gasteiger partial charge in [-0.15, -0.1) is 0 Å². The van der Waals surface area contributed by atoms with Crippen molar-refractivity contribution < 1.29 is 9.53 Å². The molecule has 0 saturated carbocycles. The van der Waals surface area contributed by atoms with Crippen LogP contribution in [0.1, 0.15) is 17.0 Å². The number of hydrogen-bond donors (Lipinski definition) is 1. The van der Waals surface area contributed by atoms with Gasteiger partial charge in [-0.3, -0.25) is 9.78 Å². The highest BCUT2D eigenvalue weighted by Crippen LogP contribution is 2.33. The van der Waals surface area contributed by atoms with Crippen molar-refractivity contribution in [2.24, 2.45) is 0 Å². The van der Waals surface area contributed by atoms with Crippen LogP contribution in [0.2, 0.25) is 0 Å². The predicted molar refractivity (Wildman–Crippen MR) is 96.5 cm³/mol. The molecule has 1 amide bonds. The first-order valence-electron chi connectivity index (χ1n) is 7.92. The summed E-state index contributed by atoms with van der Waals surface area (Å²) in [6.07, 6.45) is 4.48. The van der Waals surface area contributed by atoms with Gasteiger partial charge in [0.25, 0.3) is 0 Å². The molecule has 2 heterocycles. The first kappa shape index (κ1) is 16.8. The number of hydrogen-bond acceptors (Lipinski definition) is 5. The molecular weight excluding hydrogens is 322 g/mol. The molecule has 1 N–H and O–H groups in total. The molecule has 0 saturated heterocycles. The number of nitrogens with one attached hydrogen (secondary N) is 1. The standard InChI is InChI=1S/C18H21N3O2S/c1-11-8-19-12(2)18(21-11)13-4-5-16-14(6-13)7-15(23-16)9-20-17(22)10-24-3/h4-6,8,15H,7,9-10H2,1-3H3,(H,20,22). The maximum absolute atomic E-state index is 11.6. The molecule has 3 rings (SSSR count). The summed E-state index contributed by atoms with van der Waals surface area (Å²) < 4.78 is 5.92. The van der Waals surface area contributed by atoms with E-state index in [1.54, 1.807) is 6.20 Å². The maximum atomic E-state index is 11.6. The summed E-state index contributed by atoms with van der Waals surface area (Å²) in [5.41, 5.74) is 4.94. The third kappa shape index (κ3) is 3.70. The quantitative estimate of drug-likeness (QED) is 0.904. The van der Waals surface area contributed by atoms with Crippen molar-refractivity contribution >= 4 is 17.7 Å². The summed E-state index contributed by atoms with van der Waals surface area (Å²) in [4.78, 5) is 20.6. The third-order valence-corrected chi connectivity index (χ3v) is 4.50. The first-order valence-corrected chi connectivity index (χ1v) is 9.32. The van der Waals surface area contributed by atoms with Gasteiger partial charge in [-0.05, 0) is 43.9 Å². The van der Waals surface area contributed by atoms with Crippen LogP contribution in [0.4, 0.5) is 0 Å². The van der Waals surface area contributed by atoms with Crippen molar-refractivity contribution in [3.63, 3.8) is 0 Å². The van der Waals surface area contributed by atoms with Gasteiger partial charge < -0.3 is 10.1 Å². The van der Waals surface area contributed by atoms with Crippen LogP contribution in [-0.4, -0.2) is 40.5 Å². The zero-order chi connectivity index (χ0) is 17.1. The van der Waals surface area contributed by atoms with E-state index in [-0.39, 0.29) is 12.0 Å². The number of carbonyl (C=O) groups excluding carboxylic acids is 1. The molecule has 1 aromatic carbocycles. The Balaban J connectivity index is 1.72. The second-order valence-corrected chi connectivity index (χ2v) is 6.82. The molecule has 0 aliphatic carbocycles. The van der Waals surface area contributed by atoms with Crippen molar-refractivity contribution in [1.82, 2.24) is 15.3 Å². The number of rotatable bonds is 5. The van der Waals surface area contributed by atoms with Crippen LogP contribution in [0, 0.1) is 13.8 Å². The topological polar surface area (TPSA) is 64.1 Å². The average molecular weight is 343 g/mol. The van der Waals surface area contributed by atoms with Crippen LogP contribution < -0.4 is 10.1 Å². The summed E-state index contributed by atoms with van der Waals surface area (Å²) in [6, 6.07) is 6.12. The molecule has 1 atom stereocenters. The molecule has 1 aromatic heterocycles. The molecule has 6 heteroatoms. The minimum atomic E-state index is -0.00857. The third-order valence-electron chi connectivity index (χ3n) is 3.95. The monoisotopic (exact) mass is 343 g/mol. The number of fused-ring (bicyclic) bond motifs is 1. The van der Waals surface area contributed by atoms with Crippen molar-refractivity contribution in [2.75, 3.05) is 18.6 Å². The Labute approximate surface area is 146 Å². The lowest BCUT2D eigenvalue weighted by molar-refractivity contribution is -0.118. The van der Waals surface area contributed by atoms with Gasteiger partial charge in [-0.1, -0.05) is 0 Å². The van der Waals surface area contributed by atoms with Crippen LogP contribution in [-0.2, 0) is 11.2 Å². The molecule has 0 spiro atoms. The summed E-state index contributed by atoms with van der Waals surface area (Å²) in [5, 5.41) is 2.92. The van der Waals surface area contributed by atoms with Crippen LogP contribution in [0.5, 0.6) is 5.75 Å². The highest BCUT2D eigenvalue weighted by molar-refractivity contribution is 7.99. The van der Waals surface area contributed by atoms with Crippen molar-refractivity contribution in [1.29, 1.82) is 0 Å². The Bertz CT molecular complexity index is 764. The van der Waals surface area contributed by atoms with Crippen LogP contribution in [0.3, 0.4) is 0 Å². The van der Waals surface area contributed by atoms with Gasteiger partial charge in [0, 0.05) is 18.2 Å². The molecule has 24 heavy (non-hydrogen) atoms. The maximum Gasteiger partial charge on any atom is 0.230 e. The SMILES string of the molecule is CSCC(=O)NCC1Cc2cc(-c3nc(C)cnc3C)ccc2O1. The van der Waals surface area contributed by atoms with E-state index >= 15 is 0 Å². The number of thioether (sulfide) groups is 1. The van der Waals surface area contributed by atoms with E-state index in [1.165, 1.54) is 11.8 Å². The minimum Gasteiger partial charge on any atom is -0.488 e. The molecule has 0 fully saturated rings. The molecule has 0 radical (unpaired) electrons. The van der Waals surface area contributed by atoms with Crippen molar-refractivity contribution in [2.45, 2.75) is 26.4 Å². The van der Waals surface area contributed by atoms with E-state index in [0.717, 1.165) is 40.4 Å². The van der Waals surface area contributed by atoms with Gasteiger partial charge in [0.15, 0.2) is 0 Å². The molecule has 2 aromatic rings. The van der Waals surface area contributed by atoms with E-state index in [9.17, 15) is 4.79 Å². The summed E-state index contributed by atoms with van der Waals surface area (Å²) in [7, 11) is 0. The number of amides is 1. The van der Waals surface area contributed by atoms with E-state index < -0.39 is 0 Å². The van der Waals surface area contributed by atoms with Gasteiger partial charge in [-0.2, -0.15) is 11.8 Å².